The maximum absolute atomic E-state index is 6.00. The van der Waals surface area contributed by atoms with E-state index >= 15 is 0 Å². The third-order valence-corrected chi connectivity index (χ3v) is 3.62. The van der Waals surface area contributed by atoms with Crippen LogP contribution >= 0.6 is 11.6 Å². The molecule has 0 aromatic heterocycles. The smallest absolute Gasteiger partial charge is 0.193 e. The lowest BCUT2D eigenvalue weighted by Gasteiger charge is -2.05. The van der Waals surface area contributed by atoms with E-state index in [0.717, 1.165) is 17.1 Å². The summed E-state index contributed by atoms with van der Waals surface area (Å²) in [6.07, 6.45) is 1.03. The van der Waals surface area contributed by atoms with Crippen LogP contribution in [0.1, 0.15) is 17.9 Å². The van der Waals surface area contributed by atoms with Crippen LogP contribution in [0.4, 0.5) is 5.69 Å². The predicted molar refractivity (Wildman–Crippen MR) is 84.3 cm³/mol. The van der Waals surface area contributed by atoms with Crippen molar-refractivity contribution in [3.05, 3.63) is 65.2 Å². The lowest BCUT2D eigenvalue weighted by atomic mass is 10.1. The molecule has 2 aromatic carbocycles. The monoisotopic (exact) mass is 285 g/mol. The molecule has 1 saturated carbocycles. The molecular formula is C16H16ClN3. The molecule has 0 amide bonds. The number of guanidine groups is 1. The van der Waals surface area contributed by atoms with Crippen molar-refractivity contribution in [2.75, 3.05) is 5.32 Å². The zero-order valence-corrected chi connectivity index (χ0v) is 11.7. The number of rotatable bonds is 3. The van der Waals surface area contributed by atoms with Crippen LogP contribution in [0, 0.1) is 0 Å². The van der Waals surface area contributed by atoms with Crippen LogP contribution in [-0.2, 0) is 0 Å². The van der Waals surface area contributed by atoms with Crippen molar-refractivity contribution in [3.63, 3.8) is 0 Å². The molecule has 1 fully saturated rings. The highest BCUT2D eigenvalue weighted by atomic mass is 35.5. The van der Waals surface area contributed by atoms with Crippen LogP contribution in [0.5, 0.6) is 0 Å². The van der Waals surface area contributed by atoms with Crippen LogP contribution in [0.2, 0.25) is 5.02 Å². The highest BCUT2D eigenvalue weighted by Gasteiger charge is 2.38. The van der Waals surface area contributed by atoms with Gasteiger partial charge in [0.25, 0.3) is 0 Å². The molecule has 1 aliphatic rings. The molecule has 0 aliphatic heterocycles. The topological polar surface area (TPSA) is 50.4 Å². The largest absolute Gasteiger partial charge is 0.370 e. The molecule has 0 heterocycles. The number of benzene rings is 2. The summed E-state index contributed by atoms with van der Waals surface area (Å²) < 4.78 is 0. The Hall–Kier alpha value is -2.00. The number of para-hydroxylation sites is 1. The summed E-state index contributed by atoms with van der Waals surface area (Å²) in [5, 5.41) is 3.87. The van der Waals surface area contributed by atoms with Gasteiger partial charge in [0.15, 0.2) is 5.96 Å². The Balaban J connectivity index is 1.63. The Morgan fingerprint density at radius 2 is 1.95 bits per heavy atom. The number of anilines is 1. The lowest BCUT2D eigenvalue weighted by Crippen LogP contribution is -2.23. The average molecular weight is 286 g/mol. The zero-order valence-electron chi connectivity index (χ0n) is 11.0. The van der Waals surface area contributed by atoms with E-state index in [-0.39, 0.29) is 6.04 Å². The first-order valence-corrected chi connectivity index (χ1v) is 7.01. The Morgan fingerprint density at radius 3 is 2.70 bits per heavy atom. The molecule has 2 unspecified atom stereocenters. The molecule has 0 saturated heterocycles. The van der Waals surface area contributed by atoms with E-state index in [1.807, 2.05) is 48.5 Å². The minimum absolute atomic E-state index is 0.254. The summed E-state index contributed by atoms with van der Waals surface area (Å²) in [6, 6.07) is 18.0. The summed E-state index contributed by atoms with van der Waals surface area (Å²) in [5.41, 5.74) is 8.12. The molecule has 0 bridgehead atoms. The number of nitrogens with one attached hydrogen (secondary N) is 1. The van der Waals surface area contributed by atoms with Crippen molar-refractivity contribution < 1.29 is 0 Å². The van der Waals surface area contributed by atoms with Gasteiger partial charge in [0.2, 0.25) is 0 Å². The van der Waals surface area contributed by atoms with E-state index in [1.165, 1.54) is 5.56 Å². The molecule has 3 N–H and O–H groups in total. The maximum Gasteiger partial charge on any atom is 0.193 e. The van der Waals surface area contributed by atoms with Gasteiger partial charge >= 0.3 is 0 Å². The second kappa shape index (κ2) is 5.55. The zero-order chi connectivity index (χ0) is 13.9. The number of hydrogen-bond acceptors (Lipinski definition) is 1. The average Bonchev–Trinajstić information content (AvgIpc) is 3.19. The molecule has 3 rings (SSSR count). The summed E-state index contributed by atoms with van der Waals surface area (Å²) in [5.74, 6) is 0.899. The van der Waals surface area contributed by atoms with Crippen molar-refractivity contribution >= 4 is 23.2 Å². The first-order valence-electron chi connectivity index (χ1n) is 6.63. The summed E-state index contributed by atoms with van der Waals surface area (Å²) >= 11 is 6.00. The minimum atomic E-state index is 0.254. The van der Waals surface area contributed by atoms with Crippen molar-refractivity contribution in [1.29, 1.82) is 0 Å². The van der Waals surface area contributed by atoms with E-state index in [4.69, 9.17) is 17.3 Å². The third kappa shape index (κ3) is 3.11. The van der Waals surface area contributed by atoms with E-state index < -0.39 is 0 Å². The van der Waals surface area contributed by atoms with Gasteiger partial charge in [0, 0.05) is 16.6 Å². The molecule has 4 heteroatoms. The van der Waals surface area contributed by atoms with Gasteiger partial charge in [-0.25, -0.2) is 4.99 Å². The number of nitrogens with two attached hydrogens (primary N) is 1. The van der Waals surface area contributed by atoms with Gasteiger partial charge in [0.05, 0.1) is 6.04 Å². The van der Waals surface area contributed by atoms with Gasteiger partial charge in [-0.2, -0.15) is 0 Å². The Morgan fingerprint density at radius 1 is 1.15 bits per heavy atom. The maximum atomic E-state index is 6.00. The standard InChI is InChI=1S/C16H16ClN3/c17-12-6-4-5-11(9-12)14-10-15(14)20-16(18)19-13-7-2-1-3-8-13/h1-9,14-15H,10H2,(H3,18,19,20). The van der Waals surface area contributed by atoms with Crippen LogP contribution < -0.4 is 11.1 Å². The highest BCUT2D eigenvalue weighted by Crippen LogP contribution is 2.43. The molecule has 2 aromatic rings. The highest BCUT2D eigenvalue weighted by molar-refractivity contribution is 6.30. The minimum Gasteiger partial charge on any atom is -0.370 e. The molecule has 0 spiro atoms. The van der Waals surface area contributed by atoms with Crippen molar-refractivity contribution in [3.8, 4) is 0 Å². The van der Waals surface area contributed by atoms with Crippen molar-refractivity contribution in [2.45, 2.75) is 18.4 Å². The fraction of sp³-hybridized carbons (Fsp3) is 0.188. The quantitative estimate of drug-likeness (QED) is 0.668. The second-order valence-electron chi connectivity index (χ2n) is 4.97. The van der Waals surface area contributed by atoms with Gasteiger partial charge < -0.3 is 11.1 Å². The van der Waals surface area contributed by atoms with Gasteiger partial charge in [-0.05, 0) is 36.2 Å². The molecule has 2 atom stereocenters. The molecule has 1 aliphatic carbocycles. The summed E-state index contributed by atoms with van der Waals surface area (Å²) in [4.78, 5) is 4.51. The number of aliphatic imine (C=N–C) groups is 1. The van der Waals surface area contributed by atoms with Gasteiger partial charge in [-0.1, -0.05) is 41.9 Å². The Labute approximate surface area is 123 Å². The van der Waals surface area contributed by atoms with E-state index in [2.05, 4.69) is 16.4 Å². The number of nitrogens with zero attached hydrogens (tertiary/aromatic N) is 1. The fourth-order valence-corrected chi connectivity index (χ4v) is 2.50. The van der Waals surface area contributed by atoms with Gasteiger partial charge in [-0.3, -0.25) is 0 Å². The third-order valence-electron chi connectivity index (χ3n) is 3.38. The van der Waals surface area contributed by atoms with Gasteiger partial charge in [-0.15, -0.1) is 0 Å². The first-order chi connectivity index (χ1) is 9.72. The Kier molecular flexibility index (Phi) is 3.61. The summed E-state index contributed by atoms with van der Waals surface area (Å²) in [7, 11) is 0. The summed E-state index contributed by atoms with van der Waals surface area (Å²) in [6.45, 7) is 0. The molecular weight excluding hydrogens is 270 g/mol. The molecule has 20 heavy (non-hydrogen) atoms. The van der Waals surface area contributed by atoms with Crippen LogP contribution in [0.3, 0.4) is 0 Å². The fourth-order valence-electron chi connectivity index (χ4n) is 2.30. The van der Waals surface area contributed by atoms with Gasteiger partial charge in [0.1, 0.15) is 0 Å². The van der Waals surface area contributed by atoms with E-state index in [1.54, 1.807) is 0 Å². The second-order valence-corrected chi connectivity index (χ2v) is 5.41. The first kappa shape index (κ1) is 13.0. The van der Waals surface area contributed by atoms with Crippen LogP contribution in [0.25, 0.3) is 0 Å². The van der Waals surface area contributed by atoms with Crippen LogP contribution in [-0.4, -0.2) is 12.0 Å². The van der Waals surface area contributed by atoms with E-state index in [9.17, 15) is 0 Å². The van der Waals surface area contributed by atoms with Crippen LogP contribution in [0.15, 0.2) is 59.6 Å². The van der Waals surface area contributed by atoms with Crippen molar-refractivity contribution in [2.24, 2.45) is 10.7 Å². The number of halogens is 1. The van der Waals surface area contributed by atoms with E-state index in [0.29, 0.717) is 11.9 Å². The molecule has 102 valence electrons. The normalized spacial score (nSPS) is 21.6. The van der Waals surface area contributed by atoms with Crippen molar-refractivity contribution in [1.82, 2.24) is 0 Å². The molecule has 0 radical (unpaired) electrons. The SMILES string of the molecule is NC(=NC1CC1c1cccc(Cl)c1)Nc1ccccc1. The predicted octanol–water partition coefficient (Wildman–Crippen LogP) is 3.62. The Bertz CT molecular complexity index is 625. The molecule has 3 nitrogen and oxygen atoms in total. The number of hydrogen-bond donors (Lipinski definition) is 2. The lowest BCUT2D eigenvalue weighted by molar-refractivity contribution is 0.985.